The number of aryl methyl sites for hydroxylation is 2. The first-order valence-electron chi connectivity index (χ1n) is 11.3. The summed E-state index contributed by atoms with van der Waals surface area (Å²) in [4.78, 5) is 0. The number of methoxy groups -OCH3 is 1. The van der Waals surface area contributed by atoms with Crippen molar-refractivity contribution in [2.75, 3.05) is 7.11 Å². The van der Waals surface area contributed by atoms with Crippen molar-refractivity contribution < 1.29 is 9.47 Å². The summed E-state index contributed by atoms with van der Waals surface area (Å²) in [6.07, 6.45) is 2.27. The third-order valence-corrected chi connectivity index (χ3v) is 6.52. The Morgan fingerprint density at radius 2 is 1.21 bits per heavy atom. The second kappa shape index (κ2) is 8.63. The Labute approximate surface area is 196 Å². The molecule has 0 radical (unpaired) electrons. The highest BCUT2D eigenvalue weighted by Crippen LogP contribution is 2.54. The highest BCUT2D eigenvalue weighted by Gasteiger charge is 2.49. The molecule has 2 heteroatoms. The third kappa shape index (κ3) is 3.82. The van der Waals surface area contributed by atoms with Gasteiger partial charge in [0.25, 0.3) is 0 Å². The Morgan fingerprint density at radius 3 is 1.73 bits per heavy atom. The zero-order valence-corrected chi connectivity index (χ0v) is 19.3. The third-order valence-electron chi connectivity index (χ3n) is 6.52. The van der Waals surface area contributed by atoms with Crippen molar-refractivity contribution in [3.05, 3.63) is 143 Å². The average molecular weight is 433 g/mol. The Morgan fingerprint density at radius 1 is 0.667 bits per heavy atom. The molecule has 5 rings (SSSR count). The fourth-order valence-electron chi connectivity index (χ4n) is 4.69. The molecular weight excluding hydrogens is 404 g/mol. The molecule has 1 aliphatic rings. The van der Waals surface area contributed by atoms with Crippen LogP contribution >= 0.6 is 0 Å². The summed E-state index contributed by atoms with van der Waals surface area (Å²) in [6.45, 7) is 4.23. The second-order valence-corrected chi connectivity index (χ2v) is 8.72. The van der Waals surface area contributed by atoms with Crippen LogP contribution in [0.5, 0.6) is 5.75 Å². The van der Waals surface area contributed by atoms with E-state index in [4.69, 9.17) is 9.47 Å². The topological polar surface area (TPSA) is 18.5 Å². The molecule has 33 heavy (non-hydrogen) atoms. The summed E-state index contributed by atoms with van der Waals surface area (Å²) < 4.78 is 12.5. The van der Waals surface area contributed by atoms with E-state index in [0.29, 0.717) is 0 Å². The van der Waals surface area contributed by atoms with Crippen molar-refractivity contribution >= 4 is 5.76 Å². The van der Waals surface area contributed by atoms with Gasteiger partial charge >= 0.3 is 0 Å². The standard InChI is InChI=1S/C31H28O2/c1-22-9-15-26(16-10-22)31(27-17-11-23(2)12-18-27)29(24-13-19-28(32-3)20-14-24)21-30(33-31)25-7-5-4-6-8-25/h4-21,29H,1-3H3. The fourth-order valence-corrected chi connectivity index (χ4v) is 4.69. The molecule has 0 amide bonds. The zero-order chi connectivity index (χ0) is 22.8. The molecule has 0 spiro atoms. The molecule has 0 aromatic heterocycles. The first-order valence-corrected chi connectivity index (χ1v) is 11.3. The van der Waals surface area contributed by atoms with E-state index in [0.717, 1.165) is 28.2 Å². The number of rotatable bonds is 5. The van der Waals surface area contributed by atoms with Gasteiger partial charge in [-0.3, -0.25) is 0 Å². The van der Waals surface area contributed by atoms with Crippen LogP contribution < -0.4 is 4.74 Å². The van der Waals surface area contributed by atoms with Gasteiger partial charge in [0.05, 0.1) is 13.0 Å². The van der Waals surface area contributed by atoms with Crippen LogP contribution in [-0.4, -0.2) is 7.11 Å². The number of hydrogen-bond donors (Lipinski definition) is 0. The van der Waals surface area contributed by atoms with Crippen molar-refractivity contribution in [3.8, 4) is 5.75 Å². The van der Waals surface area contributed by atoms with E-state index in [9.17, 15) is 0 Å². The van der Waals surface area contributed by atoms with Gasteiger partial charge in [-0.1, -0.05) is 102 Å². The van der Waals surface area contributed by atoms with Gasteiger partial charge in [-0.15, -0.1) is 0 Å². The molecule has 1 aliphatic heterocycles. The van der Waals surface area contributed by atoms with Crippen LogP contribution in [-0.2, 0) is 10.3 Å². The summed E-state index contributed by atoms with van der Waals surface area (Å²) in [5, 5.41) is 0. The molecule has 0 bridgehead atoms. The molecule has 0 saturated carbocycles. The summed E-state index contributed by atoms with van der Waals surface area (Å²) in [6, 6.07) is 36.2. The molecule has 1 unspecified atom stereocenters. The second-order valence-electron chi connectivity index (χ2n) is 8.72. The van der Waals surface area contributed by atoms with Crippen LogP contribution in [0.2, 0.25) is 0 Å². The molecule has 0 fully saturated rings. The van der Waals surface area contributed by atoms with Crippen molar-refractivity contribution in [1.82, 2.24) is 0 Å². The predicted molar refractivity (Wildman–Crippen MR) is 134 cm³/mol. The van der Waals surface area contributed by atoms with Gasteiger partial charge in [0.15, 0.2) is 5.60 Å². The van der Waals surface area contributed by atoms with Crippen molar-refractivity contribution in [2.45, 2.75) is 25.4 Å². The summed E-state index contributed by atoms with van der Waals surface area (Å²) in [5.74, 6) is 1.74. The highest BCUT2D eigenvalue weighted by molar-refractivity contribution is 5.67. The van der Waals surface area contributed by atoms with Crippen molar-refractivity contribution in [2.24, 2.45) is 0 Å². The summed E-state index contributed by atoms with van der Waals surface area (Å²) >= 11 is 0. The lowest BCUT2D eigenvalue weighted by molar-refractivity contribution is 0.0845. The highest BCUT2D eigenvalue weighted by atomic mass is 16.5. The average Bonchev–Trinajstić information content (AvgIpc) is 3.27. The molecule has 4 aromatic rings. The maximum absolute atomic E-state index is 7.04. The lowest BCUT2D eigenvalue weighted by Gasteiger charge is -2.37. The van der Waals surface area contributed by atoms with Crippen molar-refractivity contribution in [3.63, 3.8) is 0 Å². The predicted octanol–water partition coefficient (Wildman–Crippen LogP) is 7.41. The van der Waals surface area contributed by atoms with Gasteiger partial charge in [0.1, 0.15) is 11.5 Å². The van der Waals surface area contributed by atoms with Crippen LogP contribution in [0.25, 0.3) is 5.76 Å². The first-order chi connectivity index (χ1) is 16.1. The minimum Gasteiger partial charge on any atom is -0.497 e. The van der Waals surface area contributed by atoms with Gasteiger partial charge in [-0.05, 0) is 37.6 Å². The molecule has 1 atom stereocenters. The van der Waals surface area contributed by atoms with Gasteiger partial charge in [0.2, 0.25) is 0 Å². The molecule has 0 aliphatic carbocycles. The van der Waals surface area contributed by atoms with Crippen LogP contribution in [0, 0.1) is 13.8 Å². The SMILES string of the molecule is COc1ccc(C2C=C(c3ccccc3)OC2(c2ccc(C)cc2)c2ccc(C)cc2)cc1. The minimum absolute atomic E-state index is 0.0102. The van der Waals surface area contributed by atoms with E-state index in [1.165, 1.54) is 16.7 Å². The monoisotopic (exact) mass is 432 g/mol. The van der Waals surface area contributed by atoms with Crippen LogP contribution in [0.3, 0.4) is 0 Å². The Balaban J connectivity index is 1.75. The maximum atomic E-state index is 7.04. The molecule has 4 aromatic carbocycles. The van der Waals surface area contributed by atoms with E-state index in [-0.39, 0.29) is 5.92 Å². The fraction of sp³-hybridized carbons (Fsp3) is 0.161. The van der Waals surface area contributed by atoms with Crippen LogP contribution in [0.4, 0.5) is 0 Å². The summed E-state index contributed by atoms with van der Waals surface area (Å²) in [5.41, 5.74) is 6.32. The van der Waals surface area contributed by atoms with Crippen LogP contribution in [0.1, 0.15) is 39.3 Å². The summed E-state index contributed by atoms with van der Waals surface area (Å²) in [7, 11) is 1.70. The van der Waals surface area contributed by atoms with E-state index in [1.54, 1.807) is 7.11 Å². The molecule has 1 heterocycles. The van der Waals surface area contributed by atoms with Gasteiger partial charge < -0.3 is 9.47 Å². The smallest absolute Gasteiger partial charge is 0.169 e. The molecule has 2 nitrogen and oxygen atoms in total. The van der Waals surface area contributed by atoms with Gasteiger partial charge in [-0.25, -0.2) is 0 Å². The van der Waals surface area contributed by atoms with Gasteiger partial charge in [0, 0.05) is 16.7 Å². The normalized spacial score (nSPS) is 16.7. The van der Waals surface area contributed by atoms with E-state index in [1.807, 2.05) is 18.2 Å². The number of hydrogen-bond acceptors (Lipinski definition) is 2. The molecular formula is C31H28O2. The first kappa shape index (κ1) is 21.1. The quantitative estimate of drug-likeness (QED) is 0.327. The van der Waals surface area contributed by atoms with E-state index < -0.39 is 5.60 Å². The lowest BCUT2D eigenvalue weighted by Crippen LogP contribution is -2.33. The molecule has 0 saturated heterocycles. The maximum Gasteiger partial charge on any atom is 0.169 e. The molecule has 0 N–H and O–H groups in total. The van der Waals surface area contributed by atoms with E-state index in [2.05, 4.69) is 105 Å². The Bertz CT molecular complexity index is 1210. The van der Waals surface area contributed by atoms with Gasteiger partial charge in [-0.2, -0.15) is 0 Å². The largest absolute Gasteiger partial charge is 0.497 e. The van der Waals surface area contributed by atoms with E-state index >= 15 is 0 Å². The zero-order valence-electron chi connectivity index (χ0n) is 19.3. The number of ether oxygens (including phenoxy) is 2. The minimum atomic E-state index is -0.679. The number of benzene rings is 4. The lowest BCUT2D eigenvalue weighted by atomic mass is 9.73. The Kier molecular flexibility index (Phi) is 5.51. The van der Waals surface area contributed by atoms with Crippen molar-refractivity contribution in [1.29, 1.82) is 0 Å². The molecule has 164 valence electrons. The Hall–Kier alpha value is -3.78. The van der Waals surface area contributed by atoms with Crippen LogP contribution in [0.15, 0.2) is 109 Å².